The standard InChI is InChI=1S/C20H26N2O2/c1-15-8-5-6-11-17(15)22-19(23)14-21-20(18-12-7-13-24-18)16-9-3-2-4-10-16/h2-4,7,9-10,12-13,15,17,20-21H,5-6,8,11,14H2,1H3,(H,22,23)/p+1/t15-,17-,20+/m1/s1. The summed E-state index contributed by atoms with van der Waals surface area (Å²) in [5, 5.41) is 5.27. The summed E-state index contributed by atoms with van der Waals surface area (Å²) in [5.41, 5.74) is 1.14. The molecule has 1 saturated carbocycles. The van der Waals surface area contributed by atoms with Gasteiger partial charge in [-0.25, -0.2) is 0 Å². The van der Waals surface area contributed by atoms with Gasteiger partial charge in [-0.05, 0) is 30.9 Å². The number of amides is 1. The van der Waals surface area contributed by atoms with Gasteiger partial charge >= 0.3 is 0 Å². The van der Waals surface area contributed by atoms with Crippen molar-refractivity contribution >= 4 is 5.91 Å². The zero-order valence-electron chi connectivity index (χ0n) is 14.3. The smallest absolute Gasteiger partial charge is 0.275 e. The van der Waals surface area contributed by atoms with Gasteiger partial charge in [-0.3, -0.25) is 4.79 Å². The van der Waals surface area contributed by atoms with E-state index in [1.807, 2.05) is 30.3 Å². The van der Waals surface area contributed by atoms with Crippen LogP contribution in [-0.4, -0.2) is 18.5 Å². The number of benzene rings is 1. The van der Waals surface area contributed by atoms with Crippen LogP contribution in [0, 0.1) is 5.92 Å². The van der Waals surface area contributed by atoms with E-state index in [2.05, 4.69) is 29.7 Å². The Morgan fingerprint density at radius 2 is 2.00 bits per heavy atom. The summed E-state index contributed by atoms with van der Waals surface area (Å²) < 4.78 is 5.59. The molecular weight excluding hydrogens is 300 g/mol. The Kier molecular flexibility index (Phi) is 5.70. The van der Waals surface area contributed by atoms with E-state index in [1.165, 1.54) is 19.3 Å². The number of rotatable bonds is 6. The number of carbonyl (C=O) groups is 1. The fourth-order valence-corrected chi connectivity index (χ4v) is 3.57. The Morgan fingerprint density at radius 1 is 1.21 bits per heavy atom. The number of nitrogens with two attached hydrogens (primary N) is 1. The predicted octanol–water partition coefficient (Wildman–Crippen LogP) is 2.63. The quantitative estimate of drug-likeness (QED) is 0.857. The maximum absolute atomic E-state index is 12.4. The minimum Gasteiger partial charge on any atom is -0.463 e. The Labute approximate surface area is 143 Å². The molecule has 0 unspecified atom stereocenters. The van der Waals surface area contributed by atoms with Gasteiger partial charge in [0.05, 0.1) is 6.26 Å². The van der Waals surface area contributed by atoms with E-state index in [-0.39, 0.29) is 11.9 Å². The molecular formula is C20H27N2O2+. The van der Waals surface area contributed by atoms with Crippen molar-refractivity contribution in [3.05, 3.63) is 60.1 Å². The van der Waals surface area contributed by atoms with Gasteiger partial charge in [-0.2, -0.15) is 0 Å². The molecule has 0 spiro atoms. The highest BCUT2D eigenvalue weighted by molar-refractivity contribution is 5.77. The van der Waals surface area contributed by atoms with Crippen LogP contribution in [0.15, 0.2) is 53.1 Å². The number of hydrogen-bond donors (Lipinski definition) is 2. The van der Waals surface area contributed by atoms with Crippen molar-refractivity contribution in [3.63, 3.8) is 0 Å². The maximum Gasteiger partial charge on any atom is 0.275 e. The normalized spacial score (nSPS) is 22.0. The third kappa shape index (κ3) is 4.26. The van der Waals surface area contributed by atoms with Crippen LogP contribution in [0.1, 0.15) is 50.0 Å². The Balaban J connectivity index is 1.60. The van der Waals surface area contributed by atoms with Crippen LogP contribution in [0.4, 0.5) is 0 Å². The molecule has 0 saturated heterocycles. The zero-order valence-corrected chi connectivity index (χ0v) is 14.3. The molecule has 1 aliphatic carbocycles. The average Bonchev–Trinajstić information content (AvgIpc) is 3.12. The summed E-state index contributed by atoms with van der Waals surface area (Å²) >= 11 is 0. The first-order valence-electron chi connectivity index (χ1n) is 8.95. The molecule has 128 valence electrons. The van der Waals surface area contributed by atoms with Crippen molar-refractivity contribution in [1.29, 1.82) is 0 Å². The number of nitrogens with one attached hydrogen (secondary N) is 1. The van der Waals surface area contributed by atoms with Gasteiger partial charge in [-0.15, -0.1) is 0 Å². The van der Waals surface area contributed by atoms with Gasteiger partial charge in [0.1, 0.15) is 0 Å². The minimum atomic E-state index is 0.00993. The first-order chi connectivity index (χ1) is 11.7. The Hall–Kier alpha value is -2.07. The third-order valence-electron chi connectivity index (χ3n) is 5.01. The summed E-state index contributed by atoms with van der Waals surface area (Å²) in [4.78, 5) is 12.4. The summed E-state index contributed by atoms with van der Waals surface area (Å²) in [7, 11) is 0. The molecule has 3 N–H and O–H groups in total. The van der Waals surface area contributed by atoms with Gasteiger partial charge < -0.3 is 15.1 Å². The minimum absolute atomic E-state index is 0.00993. The fourth-order valence-electron chi connectivity index (χ4n) is 3.57. The molecule has 1 amide bonds. The van der Waals surface area contributed by atoms with Gasteiger partial charge in [0.25, 0.3) is 5.91 Å². The number of hydrogen-bond acceptors (Lipinski definition) is 2. The SMILES string of the molecule is C[C@@H]1CCCC[C@H]1NC(=O)C[NH2+][C@@H](c1ccccc1)c1ccco1. The summed E-state index contributed by atoms with van der Waals surface area (Å²) in [6.07, 6.45) is 6.51. The lowest BCUT2D eigenvalue weighted by atomic mass is 9.86. The Bertz CT molecular complexity index is 624. The monoisotopic (exact) mass is 327 g/mol. The molecule has 1 aromatic carbocycles. The molecule has 24 heavy (non-hydrogen) atoms. The predicted molar refractivity (Wildman–Crippen MR) is 93.3 cm³/mol. The van der Waals surface area contributed by atoms with Crippen LogP contribution >= 0.6 is 0 Å². The highest BCUT2D eigenvalue weighted by Crippen LogP contribution is 2.23. The lowest BCUT2D eigenvalue weighted by Crippen LogP contribution is -2.88. The van der Waals surface area contributed by atoms with E-state index in [0.29, 0.717) is 18.5 Å². The zero-order chi connectivity index (χ0) is 16.8. The van der Waals surface area contributed by atoms with E-state index in [9.17, 15) is 4.79 Å². The summed E-state index contributed by atoms with van der Waals surface area (Å²) in [6, 6.07) is 14.4. The Morgan fingerprint density at radius 3 is 2.71 bits per heavy atom. The molecule has 0 radical (unpaired) electrons. The van der Waals surface area contributed by atoms with Crippen molar-refractivity contribution in [2.45, 2.75) is 44.7 Å². The van der Waals surface area contributed by atoms with Gasteiger partial charge in [0, 0.05) is 11.6 Å². The highest BCUT2D eigenvalue weighted by Gasteiger charge is 2.25. The molecule has 1 heterocycles. The van der Waals surface area contributed by atoms with Crippen molar-refractivity contribution < 1.29 is 14.5 Å². The van der Waals surface area contributed by atoms with Crippen molar-refractivity contribution in [1.82, 2.24) is 5.32 Å². The van der Waals surface area contributed by atoms with E-state index in [1.54, 1.807) is 6.26 Å². The number of quaternary nitrogens is 1. The van der Waals surface area contributed by atoms with Crippen LogP contribution in [0.5, 0.6) is 0 Å². The molecule has 1 aliphatic rings. The van der Waals surface area contributed by atoms with Crippen molar-refractivity contribution in [3.8, 4) is 0 Å². The molecule has 2 aromatic rings. The molecule has 4 nitrogen and oxygen atoms in total. The van der Waals surface area contributed by atoms with E-state index >= 15 is 0 Å². The second kappa shape index (κ2) is 8.15. The van der Waals surface area contributed by atoms with Crippen molar-refractivity contribution in [2.75, 3.05) is 6.54 Å². The highest BCUT2D eigenvalue weighted by atomic mass is 16.3. The number of carbonyl (C=O) groups excluding carboxylic acids is 1. The van der Waals surface area contributed by atoms with Crippen molar-refractivity contribution in [2.24, 2.45) is 5.92 Å². The van der Waals surface area contributed by atoms with Gasteiger partial charge in [0.15, 0.2) is 18.3 Å². The molecule has 4 heteroatoms. The second-order valence-electron chi connectivity index (χ2n) is 6.78. The molecule has 1 fully saturated rings. The lowest BCUT2D eigenvalue weighted by molar-refractivity contribution is -0.678. The molecule has 0 aliphatic heterocycles. The first kappa shape index (κ1) is 16.8. The van der Waals surface area contributed by atoms with E-state index in [4.69, 9.17) is 4.42 Å². The van der Waals surface area contributed by atoms with Crippen LogP contribution in [0.25, 0.3) is 0 Å². The van der Waals surface area contributed by atoms with Crippen LogP contribution in [0.3, 0.4) is 0 Å². The average molecular weight is 327 g/mol. The first-order valence-corrected chi connectivity index (χ1v) is 8.95. The largest absolute Gasteiger partial charge is 0.463 e. The summed E-state index contributed by atoms with van der Waals surface area (Å²) in [5.74, 6) is 1.57. The molecule has 3 rings (SSSR count). The van der Waals surface area contributed by atoms with E-state index in [0.717, 1.165) is 17.7 Å². The molecule has 3 atom stereocenters. The topological polar surface area (TPSA) is 58.9 Å². The lowest BCUT2D eigenvalue weighted by Gasteiger charge is -2.29. The summed E-state index contributed by atoms with van der Waals surface area (Å²) in [6.45, 7) is 2.65. The molecule has 1 aromatic heterocycles. The van der Waals surface area contributed by atoms with Gasteiger partial charge in [0.2, 0.25) is 0 Å². The van der Waals surface area contributed by atoms with Gasteiger partial charge in [-0.1, -0.05) is 50.1 Å². The molecule has 0 bridgehead atoms. The fraction of sp³-hybridized carbons (Fsp3) is 0.450. The third-order valence-corrected chi connectivity index (χ3v) is 5.01. The second-order valence-corrected chi connectivity index (χ2v) is 6.78. The van der Waals surface area contributed by atoms with Crippen LogP contribution in [0.2, 0.25) is 0 Å². The van der Waals surface area contributed by atoms with E-state index < -0.39 is 0 Å². The maximum atomic E-state index is 12.4. The van der Waals surface area contributed by atoms with Crippen LogP contribution < -0.4 is 10.6 Å². The number of furan rings is 1. The van der Waals surface area contributed by atoms with Crippen LogP contribution in [-0.2, 0) is 4.79 Å².